The van der Waals surface area contributed by atoms with E-state index >= 15 is 0 Å². The summed E-state index contributed by atoms with van der Waals surface area (Å²) in [5, 5.41) is 4.43. The molecular formula is C21H22N4O. The molecule has 1 unspecified atom stereocenters. The summed E-state index contributed by atoms with van der Waals surface area (Å²) in [6.07, 6.45) is 5.16. The van der Waals surface area contributed by atoms with Gasteiger partial charge in [0.15, 0.2) is 5.82 Å². The molecule has 0 N–H and O–H groups in total. The minimum absolute atomic E-state index is 0.0717. The fourth-order valence-corrected chi connectivity index (χ4v) is 3.68. The van der Waals surface area contributed by atoms with Gasteiger partial charge in [0.05, 0.1) is 17.5 Å². The van der Waals surface area contributed by atoms with Crippen molar-refractivity contribution in [2.45, 2.75) is 25.7 Å². The Kier molecular flexibility index (Phi) is 4.52. The molecular weight excluding hydrogens is 324 g/mol. The third-order valence-corrected chi connectivity index (χ3v) is 5.05. The van der Waals surface area contributed by atoms with Crippen LogP contribution in [0.4, 0.5) is 0 Å². The molecule has 5 nitrogen and oxygen atoms in total. The number of benzene rings is 1. The van der Waals surface area contributed by atoms with Crippen LogP contribution in [0, 0.1) is 0 Å². The molecule has 2 aromatic heterocycles. The third-order valence-electron chi connectivity index (χ3n) is 5.05. The molecule has 0 bridgehead atoms. The predicted octanol–water partition coefficient (Wildman–Crippen LogP) is 3.46. The number of nitrogens with zero attached hydrogens (tertiary/aromatic N) is 4. The largest absolute Gasteiger partial charge is 0.338 e. The van der Waals surface area contributed by atoms with Crippen molar-refractivity contribution in [3.05, 3.63) is 77.7 Å². The summed E-state index contributed by atoms with van der Waals surface area (Å²) in [6.45, 7) is 3.60. The maximum absolute atomic E-state index is 13.1. The number of aromatic nitrogens is 3. The van der Waals surface area contributed by atoms with Crippen molar-refractivity contribution >= 4 is 5.91 Å². The maximum Gasteiger partial charge on any atom is 0.257 e. The molecule has 4 rings (SSSR count). The van der Waals surface area contributed by atoms with Crippen LogP contribution in [0.1, 0.15) is 40.9 Å². The van der Waals surface area contributed by atoms with Crippen LogP contribution < -0.4 is 0 Å². The molecule has 0 radical (unpaired) electrons. The number of carbonyl (C=O) groups is 1. The van der Waals surface area contributed by atoms with E-state index in [-0.39, 0.29) is 5.91 Å². The monoisotopic (exact) mass is 346 g/mol. The number of likely N-dealkylation sites (tertiary alicyclic amines) is 1. The molecule has 1 aliphatic heterocycles. The lowest BCUT2D eigenvalue weighted by Crippen LogP contribution is -2.29. The second-order valence-corrected chi connectivity index (χ2v) is 6.61. The lowest BCUT2D eigenvalue weighted by atomic mass is 9.99. The molecule has 1 amide bonds. The number of amides is 1. The van der Waals surface area contributed by atoms with Crippen LogP contribution >= 0.6 is 0 Å². The minimum atomic E-state index is 0.0717. The Morgan fingerprint density at radius 3 is 2.69 bits per heavy atom. The fourth-order valence-electron chi connectivity index (χ4n) is 3.68. The van der Waals surface area contributed by atoms with Gasteiger partial charge in [0.1, 0.15) is 0 Å². The Bertz CT molecular complexity index is 889. The minimum Gasteiger partial charge on any atom is -0.338 e. The zero-order valence-electron chi connectivity index (χ0n) is 14.9. The fraction of sp³-hybridized carbons (Fsp3) is 0.286. The van der Waals surface area contributed by atoms with Gasteiger partial charge in [-0.25, -0.2) is 9.67 Å². The average Bonchev–Trinajstić information content (AvgIpc) is 3.36. The summed E-state index contributed by atoms with van der Waals surface area (Å²) in [4.78, 5) is 19.4. The summed E-state index contributed by atoms with van der Waals surface area (Å²) < 4.78 is 1.78. The molecule has 0 aliphatic carbocycles. The summed E-state index contributed by atoms with van der Waals surface area (Å²) >= 11 is 0. The molecule has 1 atom stereocenters. The van der Waals surface area contributed by atoms with Gasteiger partial charge in [0.25, 0.3) is 5.91 Å². The Morgan fingerprint density at radius 1 is 1.15 bits per heavy atom. The van der Waals surface area contributed by atoms with Gasteiger partial charge in [-0.05, 0) is 30.5 Å². The van der Waals surface area contributed by atoms with Crippen molar-refractivity contribution < 1.29 is 4.79 Å². The predicted molar refractivity (Wildman–Crippen MR) is 100 cm³/mol. The Morgan fingerprint density at radius 2 is 1.96 bits per heavy atom. The number of pyridine rings is 1. The lowest BCUT2D eigenvalue weighted by Gasteiger charge is -2.17. The Labute approximate surface area is 153 Å². The maximum atomic E-state index is 13.1. The Hall–Kier alpha value is -2.95. The van der Waals surface area contributed by atoms with Gasteiger partial charge >= 0.3 is 0 Å². The number of hydrogen-bond donors (Lipinski definition) is 0. The molecule has 3 heterocycles. The van der Waals surface area contributed by atoms with Crippen LogP contribution in [0.5, 0.6) is 0 Å². The molecule has 1 fully saturated rings. The number of rotatable bonds is 4. The van der Waals surface area contributed by atoms with E-state index in [1.165, 1.54) is 5.56 Å². The van der Waals surface area contributed by atoms with Crippen LogP contribution in [-0.2, 0) is 6.42 Å². The van der Waals surface area contributed by atoms with Gasteiger partial charge in [-0.15, -0.1) is 0 Å². The SMILES string of the molecule is CCc1c(C(=O)N2CCC(c3ccccc3)C2)cnn1-c1ccccn1. The third kappa shape index (κ3) is 3.01. The molecule has 26 heavy (non-hydrogen) atoms. The van der Waals surface area contributed by atoms with Crippen molar-refractivity contribution in [3.63, 3.8) is 0 Å². The van der Waals surface area contributed by atoms with E-state index in [1.807, 2.05) is 36.1 Å². The molecule has 0 saturated carbocycles. The van der Waals surface area contributed by atoms with E-state index < -0.39 is 0 Å². The highest BCUT2D eigenvalue weighted by Gasteiger charge is 2.30. The van der Waals surface area contributed by atoms with Crippen LogP contribution in [0.2, 0.25) is 0 Å². The van der Waals surface area contributed by atoms with Gasteiger partial charge in [-0.2, -0.15) is 5.10 Å². The van der Waals surface area contributed by atoms with E-state index in [2.05, 4.69) is 34.3 Å². The first kappa shape index (κ1) is 16.5. The topological polar surface area (TPSA) is 51.0 Å². The summed E-state index contributed by atoms with van der Waals surface area (Å²) in [5.74, 6) is 1.23. The normalized spacial score (nSPS) is 16.8. The van der Waals surface area contributed by atoms with E-state index in [1.54, 1.807) is 17.1 Å². The quantitative estimate of drug-likeness (QED) is 0.727. The van der Waals surface area contributed by atoms with E-state index in [0.717, 1.165) is 37.4 Å². The summed E-state index contributed by atoms with van der Waals surface area (Å²) in [6, 6.07) is 16.2. The smallest absolute Gasteiger partial charge is 0.257 e. The lowest BCUT2D eigenvalue weighted by molar-refractivity contribution is 0.0789. The highest BCUT2D eigenvalue weighted by Crippen LogP contribution is 2.28. The zero-order chi connectivity index (χ0) is 17.9. The van der Waals surface area contributed by atoms with Crippen LogP contribution in [0.3, 0.4) is 0 Å². The van der Waals surface area contributed by atoms with Gasteiger partial charge in [-0.1, -0.05) is 43.3 Å². The van der Waals surface area contributed by atoms with E-state index in [0.29, 0.717) is 11.5 Å². The molecule has 1 aliphatic rings. The van der Waals surface area contributed by atoms with E-state index in [9.17, 15) is 4.79 Å². The second kappa shape index (κ2) is 7.12. The van der Waals surface area contributed by atoms with Crippen LogP contribution in [0.15, 0.2) is 60.9 Å². The van der Waals surface area contributed by atoms with Gasteiger partial charge in [-0.3, -0.25) is 4.79 Å². The first-order valence-corrected chi connectivity index (χ1v) is 9.10. The second-order valence-electron chi connectivity index (χ2n) is 6.61. The molecule has 3 aromatic rings. The first-order valence-electron chi connectivity index (χ1n) is 9.10. The van der Waals surface area contributed by atoms with Gasteiger partial charge in [0, 0.05) is 25.2 Å². The Balaban J connectivity index is 1.57. The first-order chi connectivity index (χ1) is 12.8. The standard InChI is InChI=1S/C21H22N4O/c1-2-19-18(14-23-25(19)20-10-6-7-12-22-20)21(26)24-13-11-17(15-24)16-8-4-3-5-9-16/h3-10,12,14,17H,2,11,13,15H2,1H3. The van der Waals surface area contributed by atoms with Gasteiger partial charge in [0.2, 0.25) is 0 Å². The van der Waals surface area contributed by atoms with E-state index in [4.69, 9.17) is 0 Å². The van der Waals surface area contributed by atoms with Gasteiger partial charge < -0.3 is 4.90 Å². The number of carbonyl (C=O) groups excluding carboxylic acids is 1. The highest BCUT2D eigenvalue weighted by molar-refractivity contribution is 5.95. The van der Waals surface area contributed by atoms with Crippen molar-refractivity contribution in [3.8, 4) is 5.82 Å². The van der Waals surface area contributed by atoms with Crippen molar-refractivity contribution in [1.29, 1.82) is 0 Å². The molecule has 1 aromatic carbocycles. The molecule has 132 valence electrons. The zero-order valence-corrected chi connectivity index (χ0v) is 14.9. The summed E-state index contributed by atoms with van der Waals surface area (Å²) in [7, 11) is 0. The van der Waals surface area contributed by atoms with Crippen LogP contribution in [0.25, 0.3) is 5.82 Å². The molecule has 0 spiro atoms. The molecule has 1 saturated heterocycles. The highest BCUT2D eigenvalue weighted by atomic mass is 16.2. The van der Waals surface area contributed by atoms with Crippen molar-refractivity contribution in [2.75, 3.05) is 13.1 Å². The van der Waals surface area contributed by atoms with Crippen molar-refractivity contribution in [2.24, 2.45) is 0 Å². The van der Waals surface area contributed by atoms with Crippen molar-refractivity contribution in [1.82, 2.24) is 19.7 Å². The molecule has 5 heteroatoms. The summed E-state index contributed by atoms with van der Waals surface area (Å²) in [5.41, 5.74) is 2.91. The van der Waals surface area contributed by atoms with Crippen LogP contribution in [-0.4, -0.2) is 38.7 Å². The number of hydrogen-bond acceptors (Lipinski definition) is 3. The average molecular weight is 346 g/mol.